The van der Waals surface area contributed by atoms with Crippen LogP contribution < -0.4 is 4.90 Å². The second-order valence-corrected chi connectivity index (χ2v) is 7.00. The number of methoxy groups -OCH3 is 1. The number of hydrogen-bond donors (Lipinski definition) is 0. The van der Waals surface area contributed by atoms with Crippen LogP contribution in [0.2, 0.25) is 5.02 Å². The summed E-state index contributed by atoms with van der Waals surface area (Å²) in [6.45, 7) is 1.07. The monoisotopic (exact) mass is 390 g/mol. The maximum atomic E-state index is 12.7. The lowest BCUT2D eigenvalue weighted by Gasteiger charge is -2.19. The molecule has 0 atom stereocenters. The van der Waals surface area contributed by atoms with Gasteiger partial charge in [-0.2, -0.15) is 0 Å². The Hall–Kier alpha value is -1.99. The fourth-order valence-electron chi connectivity index (χ4n) is 2.43. The number of amides is 1. The number of carbonyl (C=O) groups is 1. The first-order valence-electron chi connectivity index (χ1n) is 8.15. The molecule has 0 aliphatic heterocycles. The Labute approximate surface area is 161 Å². The topological polar surface area (TPSA) is 51.7 Å². The van der Waals surface area contributed by atoms with Gasteiger partial charge in [0.15, 0.2) is 5.13 Å². The van der Waals surface area contributed by atoms with Gasteiger partial charge in [0.1, 0.15) is 6.61 Å². The van der Waals surface area contributed by atoms with Gasteiger partial charge in [-0.1, -0.05) is 53.3 Å². The summed E-state index contributed by atoms with van der Waals surface area (Å²) in [5, 5.41) is 1.27. The predicted molar refractivity (Wildman–Crippen MR) is 105 cm³/mol. The first kappa shape index (κ1) is 18.8. The van der Waals surface area contributed by atoms with E-state index in [1.165, 1.54) is 11.3 Å². The fourth-order valence-corrected chi connectivity index (χ4v) is 3.63. The zero-order valence-electron chi connectivity index (χ0n) is 14.4. The van der Waals surface area contributed by atoms with Gasteiger partial charge in [-0.3, -0.25) is 9.69 Å². The van der Waals surface area contributed by atoms with Gasteiger partial charge in [-0.25, -0.2) is 4.98 Å². The van der Waals surface area contributed by atoms with Gasteiger partial charge in [0.2, 0.25) is 0 Å². The van der Waals surface area contributed by atoms with Crippen LogP contribution in [-0.4, -0.2) is 37.8 Å². The van der Waals surface area contributed by atoms with E-state index >= 15 is 0 Å². The quantitative estimate of drug-likeness (QED) is 0.580. The van der Waals surface area contributed by atoms with Gasteiger partial charge in [0.25, 0.3) is 5.91 Å². The van der Waals surface area contributed by atoms with E-state index in [0.717, 1.165) is 15.8 Å². The van der Waals surface area contributed by atoms with Crippen LogP contribution in [0.3, 0.4) is 0 Å². The highest BCUT2D eigenvalue weighted by atomic mass is 35.5. The molecule has 1 amide bonds. The largest absolute Gasteiger partial charge is 0.383 e. The molecule has 3 aromatic rings. The second-order valence-electron chi connectivity index (χ2n) is 5.59. The van der Waals surface area contributed by atoms with E-state index in [1.54, 1.807) is 18.1 Å². The van der Waals surface area contributed by atoms with Gasteiger partial charge in [-0.15, -0.1) is 0 Å². The Balaban J connectivity index is 1.68. The molecule has 0 unspecified atom stereocenters. The predicted octanol–water partition coefficient (Wildman–Crippen LogP) is 4.15. The van der Waals surface area contributed by atoms with Gasteiger partial charge < -0.3 is 9.47 Å². The van der Waals surface area contributed by atoms with Crippen LogP contribution in [-0.2, 0) is 20.9 Å². The maximum Gasteiger partial charge on any atom is 0.254 e. The minimum atomic E-state index is -0.159. The van der Waals surface area contributed by atoms with Crippen LogP contribution in [0.5, 0.6) is 0 Å². The molecule has 0 bridgehead atoms. The van der Waals surface area contributed by atoms with Crippen molar-refractivity contribution >= 4 is 44.2 Å². The number of para-hydroxylation sites is 1. The van der Waals surface area contributed by atoms with Crippen LogP contribution in [0.4, 0.5) is 5.13 Å². The summed E-state index contributed by atoms with van der Waals surface area (Å²) in [4.78, 5) is 18.9. The lowest BCUT2D eigenvalue weighted by atomic mass is 10.2. The molecule has 0 aliphatic carbocycles. The second kappa shape index (κ2) is 9.09. The van der Waals surface area contributed by atoms with Crippen LogP contribution >= 0.6 is 22.9 Å². The molecule has 0 spiro atoms. The number of aromatic nitrogens is 1. The Morgan fingerprint density at radius 2 is 1.96 bits per heavy atom. The molecule has 0 fully saturated rings. The third-order valence-corrected chi connectivity index (χ3v) is 5.20. The summed E-state index contributed by atoms with van der Waals surface area (Å²) < 4.78 is 11.7. The first-order valence-corrected chi connectivity index (χ1v) is 9.34. The first-order chi connectivity index (χ1) is 12.7. The number of anilines is 1. The molecule has 0 aliphatic rings. The Bertz CT molecular complexity index is 851. The van der Waals surface area contributed by atoms with Gasteiger partial charge in [-0.05, 0) is 23.8 Å². The Morgan fingerprint density at radius 1 is 1.19 bits per heavy atom. The molecule has 2 aromatic carbocycles. The molecule has 3 rings (SSSR count). The van der Waals surface area contributed by atoms with E-state index in [2.05, 4.69) is 4.98 Å². The molecule has 0 radical (unpaired) electrons. The molecule has 0 saturated heterocycles. The molecular formula is C19H19ClN2O3S. The molecule has 7 heteroatoms. The number of carbonyl (C=O) groups excluding carboxylic acids is 1. The molecule has 26 heavy (non-hydrogen) atoms. The number of rotatable bonds is 8. The summed E-state index contributed by atoms with van der Waals surface area (Å²) in [6, 6.07) is 15.2. The van der Waals surface area contributed by atoms with E-state index in [0.29, 0.717) is 23.3 Å². The smallest absolute Gasteiger partial charge is 0.254 e. The van der Waals surface area contributed by atoms with Crippen molar-refractivity contribution in [2.75, 3.05) is 31.8 Å². The van der Waals surface area contributed by atoms with Gasteiger partial charge >= 0.3 is 0 Å². The standard InChI is InChI=1S/C19H19ClN2O3S/c1-24-11-10-22(19-21-16-8-4-5-9-17(16)26-19)18(23)13-25-12-14-6-2-3-7-15(14)20/h2-9H,10-13H2,1H3. The number of halogens is 1. The van der Waals surface area contributed by atoms with Crippen molar-refractivity contribution < 1.29 is 14.3 Å². The zero-order chi connectivity index (χ0) is 18.4. The number of nitrogens with zero attached hydrogens (tertiary/aromatic N) is 2. The fraction of sp³-hybridized carbons (Fsp3) is 0.263. The minimum absolute atomic E-state index is 0.0507. The molecule has 5 nitrogen and oxygen atoms in total. The van der Waals surface area contributed by atoms with E-state index in [1.807, 2.05) is 42.5 Å². The molecule has 0 N–H and O–H groups in total. The molecule has 1 heterocycles. The lowest BCUT2D eigenvalue weighted by molar-refractivity contribution is -0.123. The third-order valence-electron chi connectivity index (χ3n) is 3.77. The lowest BCUT2D eigenvalue weighted by Crippen LogP contribution is -2.36. The van der Waals surface area contributed by atoms with Crippen LogP contribution in [0.15, 0.2) is 48.5 Å². The summed E-state index contributed by atoms with van der Waals surface area (Å²) in [5.74, 6) is -0.159. The summed E-state index contributed by atoms with van der Waals surface area (Å²) in [6.07, 6.45) is 0. The Morgan fingerprint density at radius 3 is 2.73 bits per heavy atom. The van der Waals surface area contributed by atoms with Crippen LogP contribution in [0, 0.1) is 0 Å². The van der Waals surface area contributed by atoms with Gasteiger partial charge in [0.05, 0.1) is 30.0 Å². The van der Waals surface area contributed by atoms with E-state index in [4.69, 9.17) is 21.1 Å². The van der Waals surface area contributed by atoms with Gasteiger partial charge in [0, 0.05) is 12.1 Å². The highest BCUT2D eigenvalue weighted by Gasteiger charge is 2.19. The Kier molecular flexibility index (Phi) is 6.57. The van der Waals surface area contributed by atoms with Crippen molar-refractivity contribution in [3.8, 4) is 0 Å². The number of thiazole rings is 1. The zero-order valence-corrected chi connectivity index (χ0v) is 15.9. The summed E-state index contributed by atoms with van der Waals surface area (Å²) in [7, 11) is 1.61. The van der Waals surface area contributed by atoms with Crippen LogP contribution in [0.1, 0.15) is 5.56 Å². The molecule has 0 saturated carbocycles. The third kappa shape index (κ3) is 4.59. The van der Waals surface area contributed by atoms with Crippen molar-refractivity contribution in [2.45, 2.75) is 6.61 Å². The number of benzene rings is 2. The van der Waals surface area contributed by atoms with E-state index in [9.17, 15) is 4.79 Å². The van der Waals surface area contributed by atoms with E-state index < -0.39 is 0 Å². The van der Waals surface area contributed by atoms with Crippen molar-refractivity contribution in [3.05, 3.63) is 59.1 Å². The maximum absolute atomic E-state index is 12.7. The number of ether oxygens (including phenoxy) is 2. The summed E-state index contributed by atoms with van der Waals surface area (Å²) >= 11 is 7.59. The highest BCUT2D eigenvalue weighted by molar-refractivity contribution is 7.22. The normalized spacial score (nSPS) is 11.0. The van der Waals surface area contributed by atoms with Crippen LogP contribution in [0.25, 0.3) is 10.2 Å². The molecular weight excluding hydrogens is 372 g/mol. The molecule has 136 valence electrons. The molecule has 1 aromatic heterocycles. The summed E-state index contributed by atoms with van der Waals surface area (Å²) in [5.41, 5.74) is 1.73. The highest BCUT2D eigenvalue weighted by Crippen LogP contribution is 2.28. The minimum Gasteiger partial charge on any atom is -0.383 e. The van der Waals surface area contributed by atoms with Crippen molar-refractivity contribution in [1.29, 1.82) is 0 Å². The van der Waals surface area contributed by atoms with E-state index in [-0.39, 0.29) is 19.1 Å². The van der Waals surface area contributed by atoms with Crippen molar-refractivity contribution in [2.24, 2.45) is 0 Å². The SMILES string of the molecule is COCCN(C(=O)COCc1ccccc1Cl)c1nc2ccccc2s1. The average Bonchev–Trinajstić information content (AvgIpc) is 3.07. The van der Waals surface area contributed by atoms with Crippen molar-refractivity contribution in [3.63, 3.8) is 0 Å². The average molecular weight is 391 g/mol. The van der Waals surface area contributed by atoms with Crippen molar-refractivity contribution in [1.82, 2.24) is 4.98 Å². The number of fused-ring (bicyclic) bond motifs is 1. The number of hydrogen-bond acceptors (Lipinski definition) is 5.